The van der Waals surface area contributed by atoms with Crippen LogP contribution in [0, 0.1) is 0 Å². The number of benzene rings is 2. The molecule has 0 atom stereocenters. The third-order valence-corrected chi connectivity index (χ3v) is 3.46. The monoisotopic (exact) mass is 252 g/mol. The highest BCUT2D eigenvalue weighted by Crippen LogP contribution is 2.45. The molecule has 2 aromatic rings. The number of carbonyl (C=O) groups excluding carboxylic acids is 1. The number of urea groups is 1. The second kappa shape index (κ2) is 4.76. The van der Waals surface area contributed by atoms with Crippen molar-refractivity contribution in [1.82, 2.24) is 5.32 Å². The van der Waals surface area contributed by atoms with Gasteiger partial charge in [-0.15, -0.1) is 0 Å². The topological polar surface area (TPSA) is 41.1 Å². The largest absolute Gasteiger partial charge is 0.328 e. The van der Waals surface area contributed by atoms with Gasteiger partial charge in [0, 0.05) is 5.69 Å². The molecule has 1 saturated carbocycles. The number of nitrogens with one attached hydrogen (secondary N) is 2. The van der Waals surface area contributed by atoms with E-state index in [2.05, 4.69) is 22.8 Å². The van der Waals surface area contributed by atoms with Gasteiger partial charge in [-0.3, -0.25) is 0 Å². The Balaban J connectivity index is 1.67. The number of hydrogen-bond donors (Lipinski definition) is 2. The van der Waals surface area contributed by atoms with Gasteiger partial charge < -0.3 is 10.6 Å². The maximum absolute atomic E-state index is 12.0. The van der Waals surface area contributed by atoms with E-state index in [1.807, 2.05) is 48.5 Å². The first-order chi connectivity index (χ1) is 9.28. The summed E-state index contributed by atoms with van der Waals surface area (Å²) in [5.74, 6) is 0. The van der Waals surface area contributed by atoms with Gasteiger partial charge in [0.1, 0.15) is 0 Å². The minimum Gasteiger partial charge on any atom is -0.328 e. The first kappa shape index (κ1) is 11.8. The second-order valence-corrected chi connectivity index (χ2v) is 4.89. The highest BCUT2D eigenvalue weighted by atomic mass is 16.2. The standard InChI is InChI=1S/C16H16N2O/c19-15(17-14-9-5-2-6-10-14)18-16(11-12-16)13-7-3-1-4-8-13/h1-10H,11-12H2,(H2,17,18,19). The van der Waals surface area contributed by atoms with E-state index in [9.17, 15) is 4.79 Å². The molecule has 0 unspecified atom stereocenters. The van der Waals surface area contributed by atoms with Crippen molar-refractivity contribution >= 4 is 11.7 Å². The predicted molar refractivity (Wildman–Crippen MR) is 76.0 cm³/mol. The fourth-order valence-electron chi connectivity index (χ4n) is 2.27. The number of hydrogen-bond acceptors (Lipinski definition) is 1. The van der Waals surface area contributed by atoms with Gasteiger partial charge in [-0.25, -0.2) is 4.79 Å². The zero-order valence-corrected chi connectivity index (χ0v) is 10.6. The van der Waals surface area contributed by atoms with Crippen molar-refractivity contribution in [2.45, 2.75) is 18.4 Å². The summed E-state index contributed by atoms with van der Waals surface area (Å²) in [5, 5.41) is 5.94. The van der Waals surface area contributed by atoms with E-state index in [1.165, 1.54) is 5.56 Å². The van der Waals surface area contributed by atoms with E-state index in [1.54, 1.807) is 0 Å². The molecule has 1 fully saturated rings. The van der Waals surface area contributed by atoms with Gasteiger partial charge in [-0.2, -0.15) is 0 Å². The Labute approximate surface area is 112 Å². The van der Waals surface area contributed by atoms with E-state index in [0.717, 1.165) is 18.5 Å². The fourth-order valence-corrected chi connectivity index (χ4v) is 2.27. The molecule has 96 valence electrons. The van der Waals surface area contributed by atoms with Crippen LogP contribution >= 0.6 is 0 Å². The quantitative estimate of drug-likeness (QED) is 0.862. The normalized spacial score (nSPS) is 15.6. The Bertz CT molecular complexity index is 562. The van der Waals surface area contributed by atoms with E-state index in [4.69, 9.17) is 0 Å². The van der Waals surface area contributed by atoms with Crippen LogP contribution in [0.2, 0.25) is 0 Å². The number of rotatable bonds is 3. The van der Waals surface area contributed by atoms with Crippen LogP contribution in [0.4, 0.5) is 10.5 Å². The van der Waals surface area contributed by atoms with Crippen molar-refractivity contribution < 1.29 is 4.79 Å². The third kappa shape index (κ3) is 2.60. The highest BCUT2D eigenvalue weighted by molar-refractivity contribution is 5.90. The molecule has 3 nitrogen and oxygen atoms in total. The van der Waals surface area contributed by atoms with Crippen LogP contribution in [0.5, 0.6) is 0 Å². The van der Waals surface area contributed by atoms with Gasteiger partial charge in [0.25, 0.3) is 0 Å². The third-order valence-electron chi connectivity index (χ3n) is 3.46. The average molecular weight is 252 g/mol. The van der Waals surface area contributed by atoms with E-state index >= 15 is 0 Å². The molecule has 19 heavy (non-hydrogen) atoms. The van der Waals surface area contributed by atoms with Crippen molar-refractivity contribution in [3.63, 3.8) is 0 Å². The minimum atomic E-state index is -0.167. The van der Waals surface area contributed by atoms with Crippen molar-refractivity contribution in [2.24, 2.45) is 0 Å². The van der Waals surface area contributed by atoms with Crippen LogP contribution < -0.4 is 10.6 Å². The first-order valence-corrected chi connectivity index (χ1v) is 6.48. The number of para-hydroxylation sites is 1. The van der Waals surface area contributed by atoms with Crippen molar-refractivity contribution in [1.29, 1.82) is 0 Å². The summed E-state index contributed by atoms with van der Waals surface area (Å²) in [6.07, 6.45) is 2.00. The SMILES string of the molecule is O=C(Nc1ccccc1)NC1(c2ccccc2)CC1. The van der Waals surface area contributed by atoms with Crippen molar-refractivity contribution in [3.8, 4) is 0 Å². The summed E-state index contributed by atoms with van der Waals surface area (Å²) in [4.78, 5) is 12.0. The van der Waals surface area contributed by atoms with E-state index in [-0.39, 0.29) is 11.6 Å². The molecule has 0 aromatic heterocycles. The Kier molecular flexibility index (Phi) is 2.95. The van der Waals surface area contributed by atoms with Crippen LogP contribution in [0.15, 0.2) is 60.7 Å². The van der Waals surface area contributed by atoms with E-state index in [0.29, 0.717) is 0 Å². The lowest BCUT2D eigenvalue weighted by atomic mass is 10.1. The number of amides is 2. The Morgan fingerprint density at radius 1 is 0.895 bits per heavy atom. The molecule has 2 N–H and O–H groups in total. The molecule has 1 aliphatic carbocycles. The second-order valence-electron chi connectivity index (χ2n) is 4.89. The molecule has 0 heterocycles. The van der Waals surface area contributed by atoms with Gasteiger partial charge in [0.05, 0.1) is 5.54 Å². The Hall–Kier alpha value is -2.29. The molecule has 3 heteroatoms. The van der Waals surface area contributed by atoms with Crippen molar-refractivity contribution in [3.05, 3.63) is 66.2 Å². The zero-order valence-electron chi connectivity index (χ0n) is 10.6. The highest BCUT2D eigenvalue weighted by Gasteiger charge is 2.45. The molecule has 2 amide bonds. The summed E-state index contributed by atoms with van der Waals surface area (Å²) in [7, 11) is 0. The summed E-state index contributed by atoms with van der Waals surface area (Å²) in [5.41, 5.74) is 1.82. The van der Waals surface area contributed by atoms with Crippen LogP contribution in [0.3, 0.4) is 0 Å². The zero-order chi connectivity index (χ0) is 13.1. The summed E-state index contributed by atoms with van der Waals surface area (Å²) in [6, 6.07) is 19.5. The van der Waals surface area contributed by atoms with Gasteiger partial charge in [0.2, 0.25) is 0 Å². The molecule has 1 aliphatic rings. The fraction of sp³-hybridized carbons (Fsp3) is 0.188. The van der Waals surface area contributed by atoms with Gasteiger partial charge >= 0.3 is 6.03 Å². The maximum Gasteiger partial charge on any atom is 0.319 e. The molecule has 0 spiro atoms. The van der Waals surface area contributed by atoms with E-state index < -0.39 is 0 Å². The molecule has 3 rings (SSSR count). The van der Waals surface area contributed by atoms with Crippen molar-refractivity contribution in [2.75, 3.05) is 5.32 Å². The van der Waals surface area contributed by atoms with Crippen LogP contribution in [0.1, 0.15) is 18.4 Å². The van der Waals surface area contributed by atoms with Crippen LogP contribution in [0.25, 0.3) is 0 Å². The lowest BCUT2D eigenvalue weighted by Gasteiger charge is -2.18. The predicted octanol–water partition coefficient (Wildman–Crippen LogP) is 3.50. The molecule has 0 saturated heterocycles. The molecular formula is C16H16N2O. The molecule has 0 radical (unpaired) electrons. The van der Waals surface area contributed by atoms with Gasteiger partial charge in [-0.1, -0.05) is 48.5 Å². The number of anilines is 1. The molecule has 0 bridgehead atoms. The number of carbonyl (C=O) groups is 1. The molecule has 2 aromatic carbocycles. The lowest BCUT2D eigenvalue weighted by Crippen LogP contribution is -2.37. The molecule has 0 aliphatic heterocycles. The van der Waals surface area contributed by atoms with Gasteiger partial charge in [0.15, 0.2) is 0 Å². The van der Waals surface area contributed by atoms with Crippen LogP contribution in [-0.2, 0) is 5.54 Å². The lowest BCUT2D eigenvalue weighted by molar-refractivity contribution is 0.247. The minimum absolute atomic E-state index is 0.146. The van der Waals surface area contributed by atoms with Crippen LogP contribution in [-0.4, -0.2) is 6.03 Å². The molecular weight excluding hydrogens is 236 g/mol. The smallest absolute Gasteiger partial charge is 0.319 e. The first-order valence-electron chi connectivity index (χ1n) is 6.48. The Morgan fingerprint density at radius 2 is 1.47 bits per heavy atom. The Morgan fingerprint density at radius 3 is 2.05 bits per heavy atom. The summed E-state index contributed by atoms with van der Waals surface area (Å²) in [6.45, 7) is 0. The van der Waals surface area contributed by atoms with Gasteiger partial charge in [-0.05, 0) is 30.5 Å². The maximum atomic E-state index is 12.0. The average Bonchev–Trinajstić information content (AvgIpc) is 3.21. The summed E-state index contributed by atoms with van der Waals surface area (Å²) < 4.78 is 0. The summed E-state index contributed by atoms with van der Waals surface area (Å²) >= 11 is 0.